The van der Waals surface area contributed by atoms with E-state index in [1.165, 1.54) is 24.0 Å². The molecule has 0 radical (unpaired) electrons. The molecule has 150 valence electrons. The van der Waals surface area contributed by atoms with Gasteiger partial charge in [0.1, 0.15) is 18.1 Å². The van der Waals surface area contributed by atoms with E-state index in [1.54, 1.807) is 0 Å². The fourth-order valence-corrected chi connectivity index (χ4v) is 3.54. The highest BCUT2D eigenvalue weighted by Gasteiger charge is 2.19. The number of ether oxygens (including phenoxy) is 2. The Bertz CT molecular complexity index is 807. The quantitative estimate of drug-likeness (QED) is 0.682. The number of likely N-dealkylation sites (tertiary alicyclic amines) is 1. The molecule has 0 saturated carbocycles. The lowest BCUT2D eigenvalue weighted by Gasteiger charge is -2.21. The second-order valence-electron chi connectivity index (χ2n) is 7.50. The molecule has 0 N–H and O–H groups in total. The molecule has 1 fully saturated rings. The van der Waals surface area contributed by atoms with Crippen LogP contribution in [0.3, 0.4) is 0 Å². The van der Waals surface area contributed by atoms with Gasteiger partial charge in [-0.3, -0.25) is 4.79 Å². The molecule has 3 rings (SSSR count). The van der Waals surface area contributed by atoms with E-state index < -0.39 is 0 Å². The summed E-state index contributed by atoms with van der Waals surface area (Å²) in [4.78, 5) is 15.0. The number of carbonyl (C=O) groups is 1. The number of benzene rings is 2. The van der Waals surface area contributed by atoms with E-state index in [0.717, 1.165) is 43.0 Å². The SMILES string of the molecule is CCOc1ccc(C(=O)N2CCCCCC2)cc1COc1ccc(C)c(C)c1. The minimum Gasteiger partial charge on any atom is -0.493 e. The van der Waals surface area contributed by atoms with Gasteiger partial charge in [-0.15, -0.1) is 0 Å². The molecule has 1 amide bonds. The van der Waals surface area contributed by atoms with E-state index in [4.69, 9.17) is 9.47 Å². The predicted octanol–water partition coefficient (Wildman–Crippen LogP) is 5.30. The molecule has 1 saturated heterocycles. The number of amides is 1. The number of hydrogen-bond acceptors (Lipinski definition) is 3. The van der Waals surface area contributed by atoms with Crippen molar-refractivity contribution in [3.63, 3.8) is 0 Å². The summed E-state index contributed by atoms with van der Waals surface area (Å²) < 4.78 is 11.8. The van der Waals surface area contributed by atoms with Crippen LogP contribution in [0.5, 0.6) is 11.5 Å². The van der Waals surface area contributed by atoms with Crippen LogP contribution in [0, 0.1) is 13.8 Å². The zero-order valence-corrected chi connectivity index (χ0v) is 17.3. The highest BCUT2D eigenvalue weighted by Crippen LogP contribution is 2.25. The van der Waals surface area contributed by atoms with Gasteiger partial charge < -0.3 is 14.4 Å². The van der Waals surface area contributed by atoms with Gasteiger partial charge in [0.2, 0.25) is 0 Å². The molecule has 0 unspecified atom stereocenters. The van der Waals surface area contributed by atoms with Crippen molar-refractivity contribution in [1.82, 2.24) is 4.90 Å². The Morgan fingerprint density at radius 1 is 0.929 bits per heavy atom. The van der Waals surface area contributed by atoms with E-state index in [-0.39, 0.29) is 5.91 Å². The average molecular weight is 382 g/mol. The van der Waals surface area contributed by atoms with Crippen LogP contribution in [-0.2, 0) is 6.61 Å². The summed E-state index contributed by atoms with van der Waals surface area (Å²) in [5.74, 6) is 1.71. The number of carbonyl (C=O) groups excluding carboxylic acids is 1. The van der Waals surface area contributed by atoms with Gasteiger partial charge in [-0.25, -0.2) is 0 Å². The van der Waals surface area contributed by atoms with Gasteiger partial charge >= 0.3 is 0 Å². The van der Waals surface area contributed by atoms with Crippen molar-refractivity contribution >= 4 is 5.91 Å². The van der Waals surface area contributed by atoms with Gasteiger partial charge in [0.15, 0.2) is 0 Å². The Kier molecular flexibility index (Phi) is 6.96. The van der Waals surface area contributed by atoms with Crippen molar-refractivity contribution in [1.29, 1.82) is 0 Å². The van der Waals surface area contributed by atoms with E-state index in [2.05, 4.69) is 19.9 Å². The summed E-state index contributed by atoms with van der Waals surface area (Å²) in [5, 5.41) is 0. The molecule has 0 bridgehead atoms. The number of nitrogens with zero attached hydrogens (tertiary/aromatic N) is 1. The first-order chi connectivity index (χ1) is 13.6. The summed E-state index contributed by atoms with van der Waals surface area (Å²) in [6.07, 6.45) is 4.60. The number of hydrogen-bond donors (Lipinski definition) is 0. The Morgan fingerprint density at radius 2 is 1.68 bits per heavy atom. The first-order valence-corrected chi connectivity index (χ1v) is 10.3. The topological polar surface area (TPSA) is 38.8 Å². The maximum Gasteiger partial charge on any atom is 0.253 e. The summed E-state index contributed by atoms with van der Waals surface area (Å²) in [5.41, 5.74) is 4.06. The molecule has 1 aliphatic rings. The largest absolute Gasteiger partial charge is 0.493 e. The molecule has 1 heterocycles. The van der Waals surface area contributed by atoms with Crippen LogP contribution in [0.2, 0.25) is 0 Å². The lowest BCUT2D eigenvalue weighted by molar-refractivity contribution is 0.0761. The van der Waals surface area contributed by atoms with Crippen molar-refractivity contribution in [3.8, 4) is 11.5 Å². The summed E-state index contributed by atoms with van der Waals surface area (Å²) >= 11 is 0. The number of aryl methyl sites for hydroxylation is 2. The molecule has 0 spiro atoms. The normalized spacial score (nSPS) is 14.5. The maximum atomic E-state index is 13.0. The fraction of sp³-hybridized carbons (Fsp3) is 0.458. The van der Waals surface area contributed by atoms with Crippen LogP contribution in [0.1, 0.15) is 59.7 Å². The van der Waals surface area contributed by atoms with Gasteiger partial charge in [0.05, 0.1) is 6.61 Å². The molecule has 4 heteroatoms. The molecule has 0 atom stereocenters. The summed E-state index contributed by atoms with van der Waals surface area (Å²) in [7, 11) is 0. The van der Waals surface area contributed by atoms with Gasteiger partial charge in [-0.1, -0.05) is 18.9 Å². The third-order valence-electron chi connectivity index (χ3n) is 5.37. The van der Waals surface area contributed by atoms with E-state index in [1.807, 2.05) is 42.2 Å². The van der Waals surface area contributed by atoms with Crippen LogP contribution >= 0.6 is 0 Å². The van der Waals surface area contributed by atoms with Crippen molar-refractivity contribution in [2.75, 3.05) is 19.7 Å². The Labute approximate surface area is 168 Å². The van der Waals surface area contributed by atoms with Crippen molar-refractivity contribution < 1.29 is 14.3 Å². The predicted molar refractivity (Wildman–Crippen MR) is 112 cm³/mol. The monoisotopic (exact) mass is 381 g/mol. The lowest BCUT2D eigenvalue weighted by atomic mass is 10.1. The molecule has 4 nitrogen and oxygen atoms in total. The third-order valence-corrected chi connectivity index (χ3v) is 5.37. The van der Waals surface area contributed by atoms with Crippen molar-refractivity contribution in [2.24, 2.45) is 0 Å². The van der Waals surface area contributed by atoms with Crippen LogP contribution in [0.25, 0.3) is 0 Å². The van der Waals surface area contributed by atoms with E-state index >= 15 is 0 Å². The smallest absolute Gasteiger partial charge is 0.253 e. The fourth-order valence-electron chi connectivity index (χ4n) is 3.54. The van der Waals surface area contributed by atoms with Crippen LogP contribution in [0.4, 0.5) is 0 Å². The molecule has 0 aromatic heterocycles. The van der Waals surface area contributed by atoms with E-state index in [9.17, 15) is 4.79 Å². The van der Waals surface area contributed by atoms with Gasteiger partial charge in [-0.05, 0) is 75.1 Å². The molecular formula is C24H31NO3. The average Bonchev–Trinajstić information content (AvgIpc) is 2.99. The summed E-state index contributed by atoms with van der Waals surface area (Å²) in [6.45, 7) is 8.78. The Balaban J connectivity index is 1.78. The molecule has 0 aliphatic carbocycles. The lowest BCUT2D eigenvalue weighted by Crippen LogP contribution is -2.31. The molecule has 2 aromatic rings. The standard InChI is InChI=1S/C24H31NO3/c1-4-27-23-12-10-20(24(26)25-13-7-5-6-8-14-25)16-21(23)17-28-22-11-9-18(2)19(3)15-22/h9-12,15-16H,4-8,13-14,17H2,1-3H3. The first kappa shape index (κ1) is 20.2. The highest BCUT2D eigenvalue weighted by atomic mass is 16.5. The number of rotatable bonds is 6. The second kappa shape index (κ2) is 9.63. The Morgan fingerprint density at radius 3 is 2.36 bits per heavy atom. The van der Waals surface area contributed by atoms with Gasteiger partial charge in [0, 0.05) is 24.2 Å². The Hall–Kier alpha value is -2.49. The highest BCUT2D eigenvalue weighted by molar-refractivity contribution is 5.94. The van der Waals surface area contributed by atoms with Crippen molar-refractivity contribution in [2.45, 2.75) is 53.1 Å². The molecule has 1 aliphatic heterocycles. The minimum absolute atomic E-state index is 0.109. The molecular weight excluding hydrogens is 350 g/mol. The molecule has 2 aromatic carbocycles. The van der Waals surface area contributed by atoms with Gasteiger partial charge in [0.25, 0.3) is 5.91 Å². The van der Waals surface area contributed by atoms with Gasteiger partial charge in [-0.2, -0.15) is 0 Å². The zero-order chi connectivity index (χ0) is 19.9. The minimum atomic E-state index is 0.109. The third kappa shape index (κ3) is 5.06. The second-order valence-corrected chi connectivity index (χ2v) is 7.50. The van der Waals surface area contributed by atoms with Crippen LogP contribution in [-0.4, -0.2) is 30.5 Å². The zero-order valence-electron chi connectivity index (χ0n) is 17.3. The van der Waals surface area contributed by atoms with Crippen molar-refractivity contribution in [3.05, 3.63) is 58.7 Å². The maximum absolute atomic E-state index is 13.0. The molecule has 28 heavy (non-hydrogen) atoms. The first-order valence-electron chi connectivity index (χ1n) is 10.3. The van der Waals surface area contributed by atoms with Crippen LogP contribution in [0.15, 0.2) is 36.4 Å². The van der Waals surface area contributed by atoms with E-state index in [0.29, 0.717) is 18.8 Å². The van der Waals surface area contributed by atoms with Crippen LogP contribution < -0.4 is 9.47 Å². The summed E-state index contributed by atoms with van der Waals surface area (Å²) in [6, 6.07) is 11.8.